The molecule has 3 unspecified atom stereocenters. The molecule has 2 rings (SSSR count). The van der Waals surface area contributed by atoms with E-state index in [1.54, 1.807) is 0 Å². The minimum atomic E-state index is 0.388. The highest BCUT2D eigenvalue weighted by Crippen LogP contribution is 2.31. The van der Waals surface area contributed by atoms with Crippen LogP contribution in [-0.4, -0.2) is 6.10 Å². The summed E-state index contributed by atoms with van der Waals surface area (Å²) in [5.41, 5.74) is 2.98. The molecule has 2 aliphatic rings. The summed E-state index contributed by atoms with van der Waals surface area (Å²) in [6, 6.07) is 0. The average molecular weight is 232 g/mol. The van der Waals surface area contributed by atoms with Gasteiger partial charge in [0.05, 0.1) is 5.76 Å². The van der Waals surface area contributed by atoms with Crippen LogP contribution in [0.4, 0.5) is 0 Å². The highest BCUT2D eigenvalue weighted by atomic mass is 16.5. The second kappa shape index (κ2) is 5.12. The van der Waals surface area contributed by atoms with Crippen LogP contribution < -0.4 is 0 Å². The Morgan fingerprint density at radius 1 is 1.06 bits per heavy atom. The summed E-state index contributed by atoms with van der Waals surface area (Å²) in [6.45, 7) is 9.00. The summed E-state index contributed by atoms with van der Waals surface area (Å²) >= 11 is 0. The standard InChI is InChI=1S/C16H24O/c1-11-5-7-15(9-13(11)3)17-16-8-6-12(2)14(4)10-16/h5-7,13-14,16H,8-10H2,1-4H3. The van der Waals surface area contributed by atoms with Gasteiger partial charge in [-0.3, -0.25) is 0 Å². The molecule has 1 nitrogen and oxygen atoms in total. The van der Waals surface area contributed by atoms with Gasteiger partial charge < -0.3 is 4.74 Å². The van der Waals surface area contributed by atoms with Gasteiger partial charge in [-0.25, -0.2) is 0 Å². The van der Waals surface area contributed by atoms with Crippen LogP contribution in [0.2, 0.25) is 0 Å². The third kappa shape index (κ3) is 3.02. The van der Waals surface area contributed by atoms with Crippen LogP contribution in [0.15, 0.2) is 35.1 Å². The van der Waals surface area contributed by atoms with E-state index < -0.39 is 0 Å². The quantitative estimate of drug-likeness (QED) is 0.631. The van der Waals surface area contributed by atoms with Crippen molar-refractivity contribution in [3.63, 3.8) is 0 Å². The predicted molar refractivity (Wildman–Crippen MR) is 72.6 cm³/mol. The highest BCUT2D eigenvalue weighted by molar-refractivity contribution is 5.22. The SMILES string of the molecule is CC1=CC=C(OC2CC=C(C)C(C)C2)CC1C. The molecule has 0 spiro atoms. The van der Waals surface area contributed by atoms with E-state index in [9.17, 15) is 0 Å². The summed E-state index contributed by atoms with van der Waals surface area (Å²) in [7, 11) is 0. The van der Waals surface area contributed by atoms with Crippen molar-refractivity contribution in [3.8, 4) is 0 Å². The first-order valence-corrected chi connectivity index (χ1v) is 6.77. The Morgan fingerprint density at radius 2 is 1.82 bits per heavy atom. The Hall–Kier alpha value is -0.980. The molecule has 0 saturated heterocycles. The van der Waals surface area contributed by atoms with Crippen molar-refractivity contribution in [1.82, 2.24) is 0 Å². The fraction of sp³-hybridized carbons (Fsp3) is 0.625. The predicted octanol–water partition coefficient (Wildman–Crippen LogP) is 4.62. The molecule has 1 heteroatoms. The van der Waals surface area contributed by atoms with Crippen molar-refractivity contribution in [3.05, 3.63) is 35.1 Å². The molecule has 17 heavy (non-hydrogen) atoms. The van der Waals surface area contributed by atoms with Crippen molar-refractivity contribution in [2.75, 3.05) is 0 Å². The van der Waals surface area contributed by atoms with Gasteiger partial charge in [0.2, 0.25) is 0 Å². The fourth-order valence-electron chi connectivity index (χ4n) is 2.51. The maximum Gasteiger partial charge on any atom is 0.102 e. The Balaban J connectivity index is 1.95. The molecule has 0 bridgehead atoms. The molecular formula is C16H24O. The molecule has 0 heterocycles. The number of ether oxygens (including phenoxy) is 1. The van der Waals surface area contributed by atoms with E-state index >= 15 is 0 Å². The molecule has 0 fully saturated rings. The molecule has 0 saturated carbocycles. The van der Waals surface area contributed by atoms with Crippen molar-refractivity contribution >= 4 is 0 Å². The number of rotatable bonds is 2. The normalized spacial score (nSPS) is 33.6. The lowest BCUT2D eigenvalue weighted by atomic mass is 9.88. The molecule has 94 valence electrons. The zero-order chi connectivity index (χ0) is 12.4. The fourth-order valence-corrected chi connectivity index (χ4v) is 2.51. The maximum atomic E-state index is 6.14. The lowest BCUT2D eigenvalue weighted by Crippen LogP contribution is -2.21. The highest BCUT2D eigenvalue weighted by Gasteiger charge is 2.22. The minimum Gasteiger partial charge on any atom is -0.494 e. The van der Waals surface area contributed by atoms with Gasteiger partial charge in [0.1, 0.15) is 6.10 Å². The summed E-state index contributed by atoms with van der Waals surface area (Å²) in [4.78, 5) is 0. The van der Waals surface area contributed by atoms with E-state index in [1.807, 2.05) is 0 Å². The number of hydrogen-bond donors (Lipinski definition) is 0. The molecule has 3 atom stereocenters. The first-order chi connectivity index (χ1) is 8.06. The van der Waals surface area contributed by atoms with Gasteiger partial charge in [0.15, 0.2) is 0 Å². The molecule has 0 aromatic heterocycles. The molecule has 0 aliphatic heterocycles. The molecular weight excluding hydrogens is 208 g/mol. The second-order valence-corrected chi connectivity index (χ2v) is 5.71. The zero-order valence-electron chi connectivity index (χ0n) is 11.5. The lowest BCUT2D eigenvalue weighted by molar-refractivity contribution is 0.0857. The van der Waals surface area contributed by atoms with Crippen molar-refractivity contribution < 1.29 is 4.74 Å². The van der Waals surface area contributed by atoms with E-state index in [0.717, 1.165) is 19.3 Å². The van der Waals surface area contributed by atoms with Crippen molar-refractivity contribution in [2.24, 2.45) is 11.8 Å². The van der Waals surface area contributed by atoms with E-state index in [0.29, 0.717) is 17.9 Å². The van der Waals surface area contributed by atoms with Gasteiger partial charge in [-0.15, -0.1) is 0 Å². The van der Waals surface area contributed by atoms with Crippen LogP contribution in [0.3, 0.4) is 0 Å². The monoisotopic (exact) mass is 232 g/mol. The molecule has 0 radical (unpaired) electrons. The Labute approximate surface area is 105 Å². The Bertz CT molecular complexity index is 373. The van der Waals surface area contributed by atoms with Crippen LogP contribution in [0, 0.1) is 11.8 Å². The Morgan fingerprint density at radius 3 is 2.47 bits per heavy atom. The maximum absolute atomic E-state index is 6.14. The van der Waals surface area contributed by atoms with E-state index in [1.165, 1.54) is 16.9 Å². The molecule has 2 aliphatic carbocycles. The van der Waals surface area contributed by atoms with Crippen LogP contribution in [-0.2, 0) is 4.74 Å². The van der Waals surface area contributed by atoms with Gasteiger partial charge in [-0.1, -0.05) is 37.1 Å². The van der Waals surface area contributed by atoms with Crippen molar-refractivity contribution in [2.45, 2.75) is 53.1 Å². The van der Waals surface area contributed by atoms with E-state index in [-0.39, 0.29) is 0 Å². The van der Waals surface area contributed by atoms with Crippen molar-refractivity contribution in [1.29, 1.82) is 0 Å². The molecule has 0 aromatic carbocycles. The van der Waals surface area contributed by atoms with Gasteiger partial charge in [0.25, 0.3) is 0 Å². The second-order valence-electron chi connectivity index (χ2n) is 5.71. The number of hydrogen-bond acceptors (Lipinski definition) is 1. The van der Waals surface area contributed by atoms with Crippen LogP contribution in [0.25, 0.3) is 0 Å². The molecule has 0 aromatic rings. The van der Waals surface area contributed by atoms with Gasteiger partial charge in [0, 0.05) is 12.8 Å². The summed E-state index contributed by atoms with van der Waals surface area (Å²) in [5, 5.41) is 0. The van der Waals surface area contributed by atoms with E-state index in [4.69, 9.17) is 4.74 Å². The van der Waals surface area contributed by atoms with Gasteiger partial charge >= 0.3 is 0 Å². The average Bonchev–Trinajstić information content (AvgIpc) is 2.29. The summed E-state index contributed by atoms with van der Waals surface area (Å²) < 4.78 is 6.14. The summed E-state index contributed by atoms with van der Waals surface area (Å²) in [6.07, 6.45) is 10.4. The van der Waals surface area contributed by atoms with Gasteiger partial charge in [-0.05, 0) is 38.2 Å². The first-order valence-electron chi connectivity index (χ1n) is 6.77. The third-order valence-electron chi connectivity index (χ3n) is 4.23. The largest absolute Gasteiger partial charge is 0.494 e. The first kappa shape index (κ1) is 12.5. The van der Waals surface area contributed by atoms with Gasteiger partial charge in [-0.2, -0.15) is 0 Å². The van der Waals surface area contributed by atoms with Crippen LogP contribution >= 0.6 is 0 Å². The topological polar surface area (TPSA) is 9.23 Å². The number of allylic oxidation sites excluding steroid dienone is 5. The summed E-state index contributed by atoms with van der Waals surface area (Å²) in [5.74, 6) is 2.48. The lowest BCUT2D eigenvalue weighted by Gasteiger charge is -2.29. The Kier molecular flexibility index (Phi) is 3.76. The smallest absolute Gasteiger partial charge is 0.102 e. The molecule has 0 amide bonds. The third-order valence-corrected chi connectivity index (χ3v) is 4.23. The molecule has 0 N–H and O–H groups in total. The van der Waals surface area contributed by atoms with Crippen LogP contribution in [0.5, 0.6) is 0 Å². The van der Waals surface area contributed by atoms with Crippen LogP contribution in [0.1, 0.15) is 47.0 Å². The van der Waals surface area contributed by atoms with E-state index in [2.05, 4.69) is 45.9 Å². The zero-order valence-corrected chi connectivity index (χ0v) is 11.5. The minimum absolute atomic E-state index is 0.388.